The van der Waals surface area contributed by atoms with Gasteiger partial charge in [0, 0.05) is 5.39 Å². The molecule has 0 radical (unpaired) electrons. The van der Waals surface area contributed by atoms with Crippen LogP contribution in [0.5, 0.6) is 0 Å². The highest BCUT2D eigenvalue weighted by molar-refractivity contribution is 6.03. The monoisotopic (exact) mass is 286 g/mol. The van der Waals surface area contributed by atoms with E-state index in [0.29, 0.717) is 5.58 Å². The zero-order valence-electron chi connectivity index (χ0n) is 11.5. The molecule has 1 atom stereocenters. The molecule has 0 bridgehead atoms. The zero-order valence-corrected chi connectivity index (χ0v) is 11.5. The van der Waals surface area contributed by atoms with Crippen LogP contribution >= 0.6 is 0 Å². The number of piperazine rings is 1. The van der Waals surface area contributed by atoms with Gasteiger partial charge in [-0.3, -0.25) is 24.6 Å². The lowest BCUT2D eigenvalue weighted by atomic mass is 10.1. The third-order valence-corrected chi connectivity index (χ3v) is 3.58. The van der Waals surface area contributed by atoms with Crippen molar-refractivity contribution in [2.24, 2.45) is 0 Å². The molecular weight excluding hydrogens is 272 g/mol. The van der Waals surface area contributed by atoms with Gasteiger partial charge in [-0.05, 0) is 19.1 Å². The molecule has 1 aliphatic heterocycles. The second kappa shape index (κ2) is 5.14. The minimum atomic E-state index is -0.518. The van der Waals surface area contributed by atoms with Crippen LogP contribution in [-0.2, 0) is 9.59 Å². The number of hydrogen-bond donors (Lipinski definition) is 1. The van der Waals surface area contributed by atoms with Gasteiger partial charge < -0.3 is 4.42 Å². The van der Waals surface area contributed by atoms with Crippen LogP contribution in [0.25, 0.3) is 11.0 Å². The highest BCUT2D eigenvalue weighted by Crippen LogP contribution is 2.19. The maximum atomic E-state index is 12.3. The Balaban J connectivity index is 1.79. The van der Waals surface area contributed by atoms with Crippen molar-refractivity contribution in [3.63, 3.8) is 0 Å². The van der Waals surface area contributed by atoms with Gasteiger partial charge in [-0.15, -0.1) is 0 Å². The molecule has 1 saturated heterocycles. The number of rotatable bonds is 3. The molecule has 1 N–H and O–H groups in total. The zero-order chi connectivity index (χ0) is 15.0. The van der Waals surface area contributed by atoms with Gasteiger partial charge in [0.15, 0.2) is 5.76 Å². The summed E-state index contributed by atoms with van der Waals surface area (Å²) in [5.74, 6) is -0.790. The van der Waals surface area contributed by atoms with Gasteiger partial charge in [-0.1, -0.05) is 18.2 Å². The number of nitrogens with one attached hydrogen (secondary N) is 1. The Bertz CT molecular complexity index is 701. The first-order valence-electron chi connectivity index (χ1n) is 6.64. The number of carbonyl (C=O) groups is 3. The Kier molecular flexibility index (Phi) is 3.31. The molecule has 0 saturated carbocycles. The number of fused-ring (bicyclic) bond motifs is 1. The molecule has 1 aromatic carbocycles. The number of imide groups is 1. The van der Waals surface area contributed by atoms with Gasteiger partial charge in [0.1, 0.15) is 5.58 Å². The standard InChI is InChI=1S/C15H14N2O4/c1-9-15(20)16-14(19)8-17(9)7-11(18)13-6-10-4-2-3-5-12(10)21-13/h2-6,9H,7-8H2,1H3,(H,16,19,20). The number of furan rings is 1. The van der Waals surface area contributed by atoms with Crippen LogP contribution in [-0.4, -0.2) is 41.6 Å². The van der Waals surface area contributed by atoms with Crippen LogP contribution < -0.4 is 5.32 Å². The number of carbonyl (C=O) groups excluding carboxylic acids is 3. The molecule has 2 aromatic rings. The Morgan fingerprint density at radius 2 is 2.14 bits per heavy atom. The maximum absolute atomic E-state index is 12.3. The largest absolute Gasteiger partial charge is 0.453 e. The normalized spacial score (nSPS) is 19.8. The average molecular weight is 286 g/mol. The summed E-state index contributed by atoms with van der Waals surface area (Å²) < 4.78 is 5.50. The maximum Gasteiger partial charge on any atom is 0.243 e. The lowest BCUT2D eigenvalue weighted by Gasteiger charge is -2.30. The molecule has 1 aromatic heterocycles. The number of ketones is 1. The van der Waals surface area contributed by atoms with Crippen molar-refractivity contribution in [3.8, 4) is 0 Å². The van der Waals surface area contributed by atoms with Crippen molar-refractivity contribution in [2.75, 3.05) is 13.1 Å². The van der Waals surface area contributed by atoms with Crippen molar-refractivity contribution in [3.05, 3.63) is 36.1 Å². The molecular formula is C15H14N2O4. The minimum Gasteiger partial charge on any atom is -0.453 e. The van der Waals surface area contributed by atoms with Gasteiger partial charge in [0.05, 0.1) is 19.1 Å². The van der Waals surface area contributed by atoms with Crippen LogP contribution in [0.3, 0.4) is 0 Å². The van der Waals surface area contributed by atoms with E-state index in [1.165, 1.54) is 4.90 Å². The fourth-order valence-electron chi connectivity index (χ4n) is 2.34. The van der Waals surface area contributed by atoms with E-state index in [0.717, 1.165) is 5.39 Å². The van der Waals surface area contributed by atoms with Crippen molar-refractivity contribution in [1.29, 1.82) is 0 Å². The third kappa shape index (κ3) is 2.57. The van der Waals surface area contributed by atoms with Crippen molar-refractivity contribution in [2.45, 2.75) is 13.0 Å². The lowest BCUT2D eigenvalue weighted by molar-refractivity contribution is -0.139. The molecule has 6 heteroatoms. The second-order valence-corrected chi connectivity index (χ2v) is 5.07. The van der Waals surface area contributed by atoms with Crippen molar-refractivity contribution in [1.82, 2.24) is 10.2 Å². The highest BCUT2D eigenvalue weighted by atomic mass is 16.3. The molecule has 21 heavy (non-hydrogen) atoms. The molecule has 1 unspecified atom stereocenters. The minimum absolute atomic E-state index is 0.0267. The predicted octanol–water partition coefficient (Wildman–Crippen LogP) is 0.962. The molecule has 6 nitrogen and oxygen atoms in total. The van der Waals surface area contributed by atoms with E-state index in [2.05, 4.69) is 5.32 Å². The number of nitrogens with zero attached hydrogens (tertiary/aromatic N) is 1. The number of hydrogen-bond acceptors (Lipinski definition) is 5. The van der Waals surface area contributed by atoms with Crippen LogP contribution in [0, 0.1) is 0 Å². The van der Waals surface area contributed by atoms with E-state index in [-0.39, 0.29) is 30.5 Å². The summed E-state index contributed by atoms with van der Waals surface area (Å²) >= 11 is 0. The summed E-state index contributed by atoms with van der Waals surface area (Å²) in [5, 5.41) is 3.09. The summed E-state index contributed by atoms with van der Waals surface area (Å²) in [4.78, 5) is 36.7. The number of para-hydroxylation sites is 1. The number of benzene rings is 1. The first-order chi connectivity index (χ1) is 10.0. The van der Waals surface area contributed by atoms with E-state index in [4.69, 9.17) is 4.42 Å². The van der Waals surface area contributed by atoms with Gasteiger partial charge in [-0.25, -0.2) is 0 Å². The van der Waals surface area contributed by atoms with E-state index >= 15 is 0 Å². The van der Waals surface area contributed by atoms with Gasteiger partial charge in [0.2, 0.25) is 17.6 Å². The molecule has 1 fully saturated rings. The summed E-state index contributed by atoms with van der Waals surface area (Å²) in [6.07, 6.45) is 0. The molecule has 2 amide bonds. The summed E-state index contributed by atoms with van der Waals surface area (Å²) in [5.41, 5.74) is 0.640. The molecule has 3 rings (SSSR count). The fraction of sp³-hybridized carbons (Fsp3) is 0.267. The Hall–Kier alpha value is -2.47. The Morgan fingerprint density at radius 3 is 2.90 bits per heavy atom. The van der Waals surface area contributed by atoms with Crippen LogP contribution in [0.1, 0.15) is 17.5 Å². The Morgan fingerprint density at radius 1 is 1.38 bits per heavy atom. The molecule has 2 heterocycles. The predicted molar refractivity (Wildman–Crippen MR) is 74.7 cm³/mol. The topological polar surface area (TPSA) is 79.6 Å². The Labute approximate surface area is 120 Å². The van der Waals surface area contributed by atoms with E-state index in [1.807, 2.05) is 18.2 Å². The molecule has 0 aliphatic carbocycles. The van der Waals surface area contributed by atoms with Crippen LogP contribution in [0.2, 0.25) is 0 Å². The van der Waals surface area contributed by atoms with E-state index in [1.54, 1.807) is 19.1 Å². The quantitative estimate of drug-likeness (QED) is 0.671. The lowest BCUT2D eigenvalue weighted by Crippen LogP contribution is -2.57. The third-order valence-electron chi connectivity index (χ3n) is 3.58. The summed E-state index contributed by atoms with van der Waals surface area (Å²) in [6.45, 7) is 1.66. The van der Waals surface area contributed by atoms with Crippen molar-refractivity contribution < 1.29 is 18.8 Å². The van der Waals surface area contributed by atoms with E-state index < -0.39 is 11.9 Å². The summed E-state index contributed by atoms with van der Waals surface area (Å²) in [7, 11) is 0. The SMILES string of the molecule is CC1C(=O)NC(=O)CN1CC(=O)c1cc2ccccc2o1. The van der Waals surface area contributed by atoms with Crippen molar-refractivity contribution >= 4 is 28.6 Å². The fourth-order valence-corrected chi connectivity index (χ4v) is 2.34. The molecule has 108 valence electrons. The van der Waals surface area contributed by atoms with E-state index in [9.17, 15) is 14.4 Å². The van der Waals surface area contributed by atoms with Crippen LogP contribution in [0.4, 0.5) is 0 Å². The molecule has 0 spiro atoms. The number of amides is 2. The summed E-state index contributed by atoms with van der Waals surface area (Å²) in [6, 6.07) is 8.49. The molecule has 1 aliphatic rings. The first kappa shape index (κ1) is 13.5. The highest BCUT2D eigenvalue weighted by Gasteiger charge is 2.32. The second-order valence-electron chi connectivity index (χ2n) is 5.07. The average Bonchev–Trinajstić information content (AvgIpc) is 2.88. The van der Waals surface area contributed by atoms with Gasteiger partial charge in [0.25, 0.3) is 0 Å². The van der Waals surface area contributed by atoms with Gasteiger partial charge in [-0.2, -0.15) is 0 Å². The van der Waals surface area contributed by atoms with Crippen LogP contribution in [0.15, 0.2) is 34.7 Å². The first-order valence-corrected chi connectivity index (χ1v) is 6.64. The smallest absolute Gasteiger partial charge is 0.243 e. The number of Topliss-reactive ketones (excluding diaryl/α,β-unsaturated/α-hetero) is 1. The van der Waals surface area contributed by atoms with Gasteiger partial charge >= 0.3 is 0 Å².